The topological polar surface area (TPSA) is 62.2 Å². The minimum Gasteiger partial charge on any atom is -0.305 e. The first-order valence-electron chi connectivity index (χ1n) is 8.23. The monoisotopic (exact) mass is 353 g/mol. The Kier molecular flexibility index (Phi) is 4.25. The van der Waals surface area contributed by atoms with Crippen LogP contribution in [0.25, 0.3) is 10.2 Å². The Bertz CT molecular complexity index is 976. The molecule has 0 bridgehead atoms. The molecule has 0 saturated carbocycles. The maximum absolute atomic E-state index is 12.7. The molecule has 128 valence electrons. The number of fused-ring (bicyclic) bond motifs is 1. The van der Waals surface area contributed by atoms with Gasteiger partial charge in [0.05, 0.1) is 30.5 Å². The van der Waals surface area contributed by atoms with E-state index >= 15 is 0 Å². The number of aryl methyl sites for hydroxylation is 1. The lowest BCUT2D eigenvalue weighted by atomic mass is 10.2. The Morgan fingerprint density at radius 3 is 2.84 bits per heavy atom. The summed E-state index contributed by atoms with van der Waals surface area (Å²) in [5.74, 6) is 0. The van der Waals surface area contributed by atoms with Crippen LogP contribution in [0.15, 0.2) is 59.4 Å². The van der Waals surface area contributed by atoms with Crippen LogP contribution in [0.2, 0.25) is 0 Å². The highest BCUT2D eigenvalue weighted by atomic mass is 32.1. The van der Waals surface area contributed by atoms with Gasteiger partial charge >= 0.3 is 0 Å². The SMILES string of the molecule is CCc1cc2c(=O)n(CC3=CN(Cc4ccccc4)NN3)cnc2s1. The largest absolute Gasteiger partial charge is 0.305 e. The van der Waals surface area contributed by atoms with Crippen molar-refractivity contribution in [2.24, 2.45) is 0 Å². The normalized spacial score (nSPS) is 14.0. The Labute approximate surface area is 149 Å². The first-order valence-corrected chi connectivity index (χ1v) is 9.05. The number of aromatic nitrogens is 2. The molecule has 0 fully saturated rings. The lowest BCUT2D eigenvalue weighted by molar-refractivity contribution is 0.262. The van der Waals surface area contributed by atoms with Gasteiger partial charge in [-0.2, -0.15) is 0 Å². The first kappa shape index (κ1) is 15.9. The fourth-order valence-electron chi connectivity index (χ4n) is 2.82. The molecule has 0 spiro atoms. The fourth-order valence-corrected chi connectivity index (χ4v) is 3.75. The molecule has 2 N–H and O–H groups in total. The molecule has 1 aliphatic rings. The van der Waals surface area contributed by atoms with Gasteiger partial charge in [-0.25, -0.2) is 4.98 Å². The number of hydrogen-bond acceptors (Lipinski definition) is 6. The molecule has 3 heterocycles. The zero-order valence-corrected chi connectivity index (χ0v) is 14.7. The molecule has 1 aromatic carbocycles. The quantitative estimate of drug-likeness (QED) is 0.737. The predicted molar refractivity (Wildman–Crippen MR) is 99.6 cm³/mol. The van der Waals surface area contributed by atoms with Crippen LogP contribution in [-0.2, 0) is 19.5 Å². The van der Waals surface area contributed by atoms with E-state index in [1.54, 1.807) is 22.2 Å². The summed E-state index contributed by atoms with van der Waals surface area (Å²) in [6.07, 6.45) is 4.53. The van der Waals surface area contributed by atoms with E-state index in [4.69, 9.17) is 0 Å². The van der Waals surface area contributed by atoms with Gasteiger partial charge < -0.3 is 5.43 Å². The summed E-state index contributed by atoms with van der Waals surface area (Å²) in [7, 11) is 0. The maximum Gasteiger partial charge on any atom is 0.262 e. The molecule has 7 heteroatoms. The zero-order valence-electron chi connectivity index (χ0n) is 13.9. The number of hydrazine groups is 2. The van der Waals surface area contributed by atoms with Crippen LogP contribution in [0, 0.1) is 0 Å². The van der Waals surface area contributed by atoms with Crippen molar-refractivity contribution in [3.05, 3.63) is 75.4 Å². The summed E-state index contributed by atoms with van der Waals surface area (Å²) >= 11 is 1.59. The van der Waals surface area contributed by atoms with Crippen molar-refractivity contribution in [1.29, 1.82) is 0 Å². The maximum atomic E-state index is 12.7. The van der Waals surface area contributed by atoms with Gasteiger partial charge in [-0.3, -0.25) is 14.4 Å². The summed E-state index contributed by atoms with van der Waals surface area (Å²) in [5, 5.41) is 2.67. The summed E-state index contributed by atoms with van der Waals surface area (Å²) in [5.41, 5.74) is 8.36. The van der Waals surface area contributed by atoms with Crippen molar-refractivity contribution in [1.82, 2.24) is 25.5 Å². The number of benzene rings is 1. The van der Waals surface area contributed by atoms with E-state index in [9.17, 15) is 4.79 Å². The average molecular weight is 353 g/mol. The second-order valence-electron chi connectivity index (χ2n) is 5.97. The van der Waals surface area contributed by atoms with Crippen molar-refractivity contribution < 1.29 is 0 Å². The lowest BCUT2D eigenvalue weighted by Gasteiger charge is -2.14. The Balaban J connectivity index is 1.52. The van der Waals surface area contributed by atoms with Gasteiger partial charge in [-0.15, -0.1) is 16.9 Å². The van der Waals surface area contributed by atoms with Crippen LogP contribution < -0.4 is 16.5 Å². The molecule has 0 aliphatic carbocycles. The number of allylic oxidation sites excluding steroid dienone is 1. The molecule has 3 aromatic rings. The Hall–Kier alpha value is -2.64. The van der Waals surface area contributed by atoms with Crippen LogP contribution in [0.4, 0.5) is 0 Å². The number of rotatable bonds is 5. The van der Waals surface area contributed by atoms with E-state index in [-0.39, 0.29) is 5.56 Å². The number of nitrogens with zero attached hydrogens (tertiary/aromatic N) is 3. The van der Waals surface area contributed by atoms with E-state index in [2.05, 4.69) is 35.0 Å². The Morgan fingerprint density at radius 1 is 1.20 bits per heavy atom. The van der Waals surface area contributed by atoms with Crippen molar-refractivity contribution >= 4 is 21.6 Å². The smallest absolute Gasteiger partial charge is 0.262 e. The van der Waals surface area contributed by atoms with Gasteiger partial charge in [-0.1, -0.05) is 37.3 Å². The highest BCUT2D eigenvalue weighted by Crippen LogP contribution is 2.21. The fraction of sp³-hybridized carbons (Fsp3) is 0.222. The minimum absolute atomic E-state index is 0.00478. The predicted octanol–water partition coefficient (Wildman–Crippen LogP) is 2.39. The molecule has 2 aromatic heterocycles. The standard InChI is InChI=1S/C18H19N5OS/c1-2-15-8-16-17(25-15)19-12-22(18(16)24)10-14-11-23(21-20-14)9-13-6-4-3-5-7-13/h3-8,11-12,20-21H,2,9-10H2,1H3. The summed E-state index contributed by atoms with van der Waals surface area (Å²) in [4.78, 5) is 19.1. The van der Waals surface area contributed by atoms with Crippen LogP contribution in [0.3, 0.4) is 0 Å². The average Bonchev–Trinajstić information content (AvgIpc) is 3.25. The van der Waals surface area contributed by atoms with Gasteiger partial charge in [0.25, 0.3) is 5.56 Å². The third kappa shape index (κ3) is 3.29. The molecule has 25 heavy (non-hydrogen) atoms. The number of hydrogen-bond donors (Lipinski definition) is 2. The molecular formula is C18H19N5OS. The number of nitrogens with one attached hydrogen (secondary N) is 2. The minimum atomic E-state index is 0.00478. The van der Waals surface area contributed by atoms with Gasteiger partial charge in [-0.05, 0) is 18.1 Å². The first-order chi connectivity index (χ1) is 12.2. The molecular weight excluding hydrogens is 334 g/mol. The van der Waals surface area contributed by atoms with Crippen molar-refractivity contribution in [3.8, 4) is 0 Å². The summed E-state index contributed by atoms with van der Waals surface area (Å²) in [6.45, 7) is 3.29. The molecule has 1 aliphatic heterocycles. The Morgan fingerprint density at radius 2 is 2.04 bits per heavy atom. The molecule has 0 atom stereocenters. The lowest BCUT2D eigenvalue weighted by Crippen LogP contribution is -2.36. The van der Waals surface area contributed by atoms with E-state index in [1.807, 2.05) is 35.5 Å². The second kappa shape index (κ2) is 6.70. The highest BCUT2D eigenvalue weighted by Gasteiger charge is 2.14. The van der Waals surface area contributed by atoms with Crippen LogP contribution in [-0.4, -0.2) is 14.6 Å². The van der Waals surface area contributed by atoms with Crippen molar-refractivity contribution in [2.75, 3.05) is 0 Å². The third-order valence-electron chi connectivity index (χ3n) is 4.13. The summed E-state index contributed by atoms with van der Waals surface area (Å²) in [6, 6.07) is 12.2. The van der Waals surface area contributed by atoms with Gasteiger partial charge in [0, 0.05) is 11.1 Å². The van der Waals surface area contributed by atoms with E-state index < -0.39 is 0 Å². The number of thiophene rings is 1. The highest BCUT2D eigenvalue weighted by molar-refractivity contribution is 7.18. The van der Waals surface area contributed by atoms with Gasteiger partial charge in [0.1, 0.15) is 4.83 Å². The van der Waals surface area contributed by atoms with Crippen LogP contribution >= 0.6 is 11.3 Å². The van der Waals surface area contributed by atoms with E-state index in [0.29, 0.717) is 11.9 Å². The van der Waals surface area contributed by atoms with Crippen molar-refractivity contribution in [3.63, 3.8) is 0 Å². The molecule has 6 nitrogen and oxygen atoms in total. The second-order valence-corrected chi connectivity index (χ2v) is 7.08. The summed E-state index contributed by atoms with van der Waals surface area (Å²) < 4.78 is 1.64. The van der Waals surface area contributed by atoms with Gasteiger partial charge in [0.15, 0.2) is 0 Å². The van der Waals surface area contributed by atoms with Crippen LogP contribution in [0.5, 0.6) is 0 Å². The van der Waals surface area contributed by atoms with E-state index in [0.717, 1.165) is 23.5 Å². The van der Waals surface area contributed by atoms with E-state index in [1.165, 1.54) is 10.4 Å². The molecule has 4 rings (SSSR count). The molecule has 0 radical (unpaired) electrons. The van der Waals surface area contributed by atoms with Crippen molar-refractivity contribution in [2.45, 2.75) is 26.4 Å². The zero-order chi connectivity index (χ0) is 17.2. The van der Waals surface area contributed by atoms with Crippen LogP contribution in [0.1, 0.15) is 17.4 Å². The molecule has 0 amide bonds. The third-order valence-corrected chi connectivity index (χ3v) is 5.31. The molecule has 0 saturated heterocycles. The molecule has 0 unspecified atom stereocenters. The van der Waals surface area contributed by atoms with Gasteiger partial charge in [0.2, 0.25) is 0 Å².